The van der Waals surface area contributed by atoms with E-state index >= 15 is 0 Å². The number of benzene rings is 4. The maximum Gasteiger partial charge on any atom is 0.245 e. The normalized spacial score (nSPS) is 20.3. The number of piperidine rings is 1. The van der Waals surface area contributed by atoms with Crippen LogP contribution in [0.1, 0.15) is 104 Å². The number of rotatable bonds is 12. The van der Waals surface area contributed by atoms with Crippen molar-refractivity contribution in [3.63, 3.8) is 0 Å². The van der Waals surface area contributed by atoms with Gasteiger partial charge < -0.3 is 19.8 Å². The lowest BCUT2D eigenvalue weighted by Gasteiger charge is -2.37. The van der Waals surface area contributed by atoms with E-state index in [1.165, 1.54) is 24.8 Å². The van der Waals surface area contributed by atoms with Gasteiger partial charge in [0, 0.05) is 19.6 Å². The van der Waals surface area contributed by atoms with Crippen LogP contribution >= 0.6 is 0 Å². The molecular formula is C52H58N8O2. The van der Waals surface area contributed by atoms with Crippen LogP contribution in [0.2, 0.25) is 0 Å². The fourth-order valence-corrected chi connectivity index (χ4v) is 10.5. The van der Waals surface area contributed by atoms with E-state index in [0.717, 1.165) is 141 Å². The van der Waals surface area contributed by atoms with Crippen molar-refractivity contribution in [1.82, 2.24) is 39.5 Å². The number of aromatic nitrogens is 4. The third kappa shape index (κ3) is 8.50. The Bertz CT molecular complexity index is 2450. The molecule has 4 aromatic carbocycles. The molecule has 10 heteroatoms. The standard InChI is InChI=1S/C52H58N8O2/c61-48(33-42-15-5-6-16-43(42)36-57-27-9-10-28-57)59-31-11-17-46(59)50-53-34-44(55-50)39-23-19-37(20-24-39)38-21-25-40(26-22-38)45-35-54-51(56-45)47-18-12-32-60(47)52(62)49(41-13-3-1-4-14-41)58-29-7-2-8-30-58/h1,3-6,13-16,19-26,34-35,46-47,49H,2,7-12,17-18,27-33,36H2,(H,53,55)(H,54,56)/t46-,47-,49+/m0/s1. The van der Waals surface area contributed by atoms with E-state index in [4.69, 9.17) is 9.97 Å². The first-order chi connectivity index (χ1) is 30.6. The van der Waals surface area contributed by atoms with Gasteiger partial charge in [0.2, 0.25) is 11.8 Å². The first-order valence-electron chi connectivity index (χ1n) is 23.0. The largest absolute Gasteiger partial charge is 0.340 e. The number of amides is 2. The van der Waals surface area contributed by atoms with Gasteiger partial charge in [-0.15, -0.1) is 0 Å². The average Bonchev–Trinajstić information content (AvgIpc) is 4.18. The van der Waals surface area contributed by atoms with E-state index in [1.54, 1.807) is 0 Å². The summed E-state index contributed by atoms with van der Waals surface area (Å²) in [5.74, 6) is 2.09. The minimum atomic E-state index is -0.256. The van der Waals surface area contributed by atoms with E-state index in [2.05, 4.69) is 110 Å². The van der Waals surface area contributed by atoms with Crippen molar-refractivity contribution < 1.29 is 9.59 Å². The molecule has 0 radical (unpaired) electrons. The van der Waals surface area contributed by atoms with E-state index < -0.39 is 0 Å². The van der Waals surface area contributed by atoms with Gasteiger partial charge in [-0.25, -0.2) is 9.97 Å². The van der Waals surface area contributed by atoms with Crippen molar-refractivity contribution in [2.24, 2.45) is 0 Å². The predicted octanol–water partition coefficient (Wildman–Crippen LogP) is 9.53. The number of likely N-dealkylation sites (tertiary alicyclic amines) is 4. The molecule has 4 aliphatic heterocycles. The van der Waals surface area contributed by atoms with Gasteiger partial charge in [0.15, 0.2) is 0 Å². The minimum absolute atomic E-state index is 0.0400. The topological polar surface area (TPSA) is 104 Å². The molecule has 4 aliphatic rings. The second-order valence-electron chi connectivity index (χ2n) is 17.8. The zero-order chi connectivity index (χ0) is 41.8. The van der Waals surface area contributed by atoms with Crippen molar-refractivity contribution in [3.05, 3.63) is 144 Å². The molecule has 3 atom stereocenters. The van der Waals surface area contributed by atoms with Crippen molar-refractivity contribution in [2.75, 3.05) is 39.3 Å². The molecule has 0 unspecified atom stereocenters. The smallest absolute Gasteiger partial charge is 0.245 e. The highest BCUT2D eigenvalue weighted by molar-refractivity contribution is 5.84. The lowest BCUT2D eigenvalue weighted by molar-refractivity contribution is -0.139. The van der Waals surface area contributed by atoms with Gasteiger partial charge in [-0.1, -0.05) is 110 Å². The summed E-state index contributed by atoms with van der Waals surface area (Å²) < 4.78 is 0. The third-order valence-corrected chi connectivity index (χ3v) is 13.8. The summed E-state index contributed by atoms with van der Waals surface area (Å²) in [4.78, 5) is 54.0. The molecule has 318 valence electrons. The van der Waals surface area contributed by atoms with Crippen molar-refractivity contribution >= 4 is 11.8 Å². The maximum absolute atomic E-state index is 14.4. The highest BCUT2D eigenvalue weighted by atomic mass is 16.2. The molecule has 62 heavy (non-hydrogen) atoms. The number of H-pyrrole nitrogens is 2. The molecular weight excluding hydrogens is 769 g/mol. The van der Waals surface area contributed by atoms with Crippen LogP contribution < -0.4 is 0 Å². The molecule has 2 amide bonds. The molecule has 0 bridgehead atoms. The molecule has 10 nitrogen and oxygen atoms in total. The minimum Gasteiger partial charge on any atom is -0.340 e. The Labute approximate surface area is 365 Å². The maximum atomic E-state index is 14.4. The second kappa shape index (κ2) is 18.2. The summed E-state index contributed by atoms with van der Waals surface area (Å²) in [5.41, 5.74) is 9.78. The Morgan fingerprint density at radius 3 is 1.68 bits per heavy atom. The molecule has 0 spiro atoms. The van der Waals surface area contributed by atoms with Gasteiger partial charge >= 0.3 is 0 Å². The fraction of sp³-hybridized carbons (Fsp3) is 0.385. The van der Waals surface area contributed by atoms with Crippen LogP contribution in [0.15, 0.2) is 116 Å². The number of hydrogen-bond donors (Lipinski definition) is 2. The molecule has 6 heterocycles. The number of hydrogen-bond acceptors (Lipinski definition) is 6. The summed E-state index contributed by atoms with van der Waals surface area (Å²) in [6.07, 6.45) is 14.0. The van der Waals surface area contributed by atoms with Crippen LogP contribution in [0.4, 0.5) is 0 Å². The number of nitrogens with zero attached hydrogens (tertiary/aromatic N) is 6. The number of aromatic amines is 2. The Hall–Kier alpha value is -5.84. The van der Waals surface area contributed by atoms with E-state index in [9.17, 15) is 9.59 Å². The van der Waals surface area contributed by atoms with Crippen LogP contribution in [-0.4, -0.2) is 90.6 Å². The first-order valence-corrected chi connectivity index (χ1v) is 23.0. The first kappa shape index (κ1) is 40.2. The van der Waals surface area contributed by atoms with Crippen LogP contribution in [-0.2, 0) is 22.6 Å². The van der Waals surface area contributed by atoms with Gasteiger partial charge in [-0.05, 0) is 116 Å². The zero-order valence-electron chi connectivity index (χ0n) is 35.7. The third-order valence-electron chi connectivity index (χ3n) is 13.8. The monoisotopic (exact) mass is 826 g/mol. The van der Waals surface area contributed by atoms with Crippen molar-refractivity contribution in [3.8, 4) is 33.6 Å². The molecule has 10 rings (SSSR count). The lowest BCUT2D eigenvalue weighted by atomic mass is 10.00. The van der Waals surface area contributed by atoms with E-state index in [1.807, 2.05) is 35.5 Å². The van der Waals surface area contributed by atoms with Crippen molar-refractivity contribution in [1.29, 1.82) is 0 Å². The Balaban J connectivity index is 0.782. The van der Waals surface area contributed by atoms with Gasteiger partial charge in [0.05, 0.1) is 42.3 Å². The zero-order valence-corrected chi connectivity index (χ0v) is 35.7. The molecule has 4 saturated heterocycles. The molecule has 4 fully saturated rings. The Morgan fingerprint density at radius 2 is 1.06 bits per heavy atom. The van der Waals surface area contributed by atoms with Gasteiger partial charge in [-0.3, -0.25) is 19.4 Å². The second-order valence-corrected chi connectivity index (χ2v) is 17.8. The molecule has 0 saturated carbocycles. The van der Waals surface area contributed by atoms with Crippen LogP contribution in [0, 0.1) is 0 Å². The fourth-order valence-electron chi connectivity index (χ4n) is 10.5. The Morgan fingerprint density at radius 1 is 0.548 bits per heavy atom. The highest BCUT2D eigenvalue weighted by Crippen LogP contribution is 2.37. The molecule has 2 aromatic heterocycles. The summed E-state index contributed by atoms with van der Waals surface area (Å²) in [7, 11) is 0. The lowest BCUT2D eigenvalue weighted by Crippen LogP contribution is -2.44. The van der Waals surface area contributed by atoms with E-state index in [0.29, 0.717) is 6.42 Å². The quantitative estimate of drug-likeness (QED) is 0.127. The number of nitrogens with one attached hydrogen (secondary N) is 2. The van der Waals surface area contributed by atoms with Crippen molar-refractivity contribution in [2.45, 2.75) is 88.9 Å². The van der Waals surface area contributed by atoms with E-state index in [-0.39, 0.29) is 29.9 Å². The van der Waals surface area contributed by atoms with Gasteiger partial charge in [0.1, 0.15) is 17.7 Å². The van der Waals surface area contributed by atoms with Gasteiger partial charge in [0.25, 0.3) is 0 Å². The summed E-state index contributed by atoms with van der Waals surface area (Å²) in [6.45, 7) is 6.63. The highest BCUT2D eigenvalue weighted by Gasteiger charge is 2.39. The molecule has 0 aliphatic carbocycles. The SMILES string of the molecule is O=C(Cc1ccccc1CN1CCCC1)N1CCC[C@H]1c1ncc(-c2ccc(-c3ccc(-c4cnc([C@@H]5CCCN5C(=O)[C@@H](c5ccccc5)N5CCCCC5)[nH]4)cc3)cc2)[nH]1. The number of carbonyl (C=O) groups excluding carboxylic acids is 2. The number of imidazole rings is 2. The summed E-state index contributed by atoms with van der Waals surface area (Å²) in [5, 5.41) is 0. The molecule has 2 N–H and O–H groups in total. The van der Waals surface area contributed by atoms with Crippen LogP contribution in [0.3, 0.4) is 0 Å². The molecule has 6 aromatic rings. The summed E-state index contributed by atoms with van der Waals surface area (Å²) in [6, 6.07) is 35.6. The van der Waals surface area contributed by atoms with Crippen LogP contribution in [0.5, 0.6) is 0 Å². The number of carbonyl (C=O) groups is 2. The summed E-state index contributed by atoms with van der Waals surface area (Å²) >= 11 is 0. The predicted molar refractivity (Wildman–Crippen MR) is 244 cm³/mol. The average molecular weight is 827 g/mol. The Kier molecular flexibility index (Phi) is 11.8. The van der Waals surface area contributed by atoms with Crippen LogP contribution in [0.25, 0.3) is 33.6 Å². The van der Waals surface area contributed by atoms with Gasteiger partial charge in [-0.2, -0.15) is 0 Å².